The lowest BCUT2D eigenvalue weighted by Crippen LogP contribution is -2.26. The van der Waals surface area contributed by atoms with Crippen LogP contribution in [-0.4, -0.2) is 34.7 Å². The highest BCUT2D eigenvalue weighted by atomic mass is 32.1. The first kappa shape index (κ1) is 10.9. The minimum Gasteiger partial charge on any atom is -0.392 e. The molecule has 1 heterocycles. The largest absolute Gasteiger partial charge is 0.392 e. The maximum atomic E-state index is 10.4. The van der Waals surface area contributed by atoms with Gasteiger partial charge in [0.1, 0.15) is 6.20 Å². The predicted octanol–water partition coefficient (Wildman–Crippen LogP) is 0.868. The summed E-state index contributed by atoms with van der Waals surface area (Å²) in [6, 6.07) is 0. The highest BCUT2D eigenvalue weighted by Crippen LogP contribution is 2.27. The topological polar surface area (TPSA) is 79.5 Å². The molecule has 0 aliphatic rings. The summed E-state index contributed by atoms with van der Waals surface area (Å²) in [5, 5.41) is 20.0. The molecule has 78 valence electrons. The van der Waals surface area contributed by atoms with E-state index < -0.39 is 11.0 Å². The van der Waals surface area contributed by atoms with Crippen LogP contribution in [0.3, 0.4) is 0 Å². The van der Waals surface area contributed by atoms with E-state index in [2.05, 4.69) is 4.98 Å². The number of nitro groups is 1. The number of thiazole rings is 1. The molecule has 1 atom stereocenters. The Bertz CT molecular complexity index is 326. The molecule has 1 N–H and O–H groups in total. The van der Waals surface area contributed by atoms with E-state index in [1.165, 1.54) is 6.20 Å². The molecular formula is C7H11N3O3S. The minimum absolute atomic E-state index is 0.0115. The van der Waals surface area contributed by atoms with Crippen LogP contribution < -0.4 is 4.90 Å². The molecule has 0 aliphatic heterocycles. The lowest BCUT2D eigenvalue weighted by molar-refractivity contribution is -0.380. The van der Waals surface area contributed by atoms with E-state index in [4.69, 9.17) is 5.11 Å². The van der Waals surface area contributed by atoms with E-state index >= 15 is 0 Å². The zero-order valence-corrected chi connectivity index (χ0v) is 8.69. The molecule has 1 rings (SSSR count). The molecule has 1 aromatic rings. The standard InChI is InChI=1S/C7H11N3O3S/c1-5(11)4-9(2)7-8-3-6(14-7)10(12)13/h3,5,11H,4H2,1-2H3. The average Bonchev–Trinajstić information content (AvgIpc) is 2.50. The van der Waals surface area contributed by atoms with Gasteiger partial charge < -0.3 is 10.0 Å². The summed E-state index contributed by atoms with van der Waals surface area (Å²) in [6.45, 7) is 2.06. The Morgan fingerprint density at radius 1 is 1.86 bits per heavy atom. The van der Waals surface area contributed by atoms with Crippen LogP contribution in [0.15, 0.2) is 6.20 Å². The van der Waals surface area contributed by atoms with Crippen molar-refractivity contribution in [1.82, 2.24) is 4.98 Å². The molecule has 0 aromatic carbocycles. The number of rotatable bonds is 4. The second-order valence-corrected chi connectivity index (χ2v) is 3.96. The Balaban J connectivity index is 2.71. The summed E-state index contributed by atoms with van der Waals surface area (Å²) in [7, 11) is 1.73. The molecule has 0 amide bonds. The van der Waals surface area contributed by atoms with Gasteiger partial charge in [0, 0.05) is 13.6 Å². The third-order valence-corrected chi connectivity index (χ3v) is 2.59. The smallest absolute Gasteiger partial charge is 0.345 e. The van der Waals surface area contributed by atoms with Gasteiger partial charge in [0.05, 0.1) is 11.0 Å². The van der Waals surface area contributed by atoms with Gasteiger partial charge in [0.15, 0.2) is 5.13 Å². The van der Waals surface area contributed by atoms with Crippen LogP contribution in [0.4, 0.5) is 10.1 Å². The summed E-state index contributed by atoms with van der Waals surface area (Å²) in [5.41, 5.74) is 0. The summed E-state index contributed by atoms with van der Waals surface area (Å²) < 4.78 is 0. The zero-order chi connectivity index (χ0) is 10.7. The van der Waals surface area contributed by atoms with Gasteiger partial charge in [-0.05, 0) is 18.3 Å². The van der Waals surface area contributed by atoms with Crippen LogP contribution in [0, 0.1) is 10.1 Å². The molecule has 0 saturated carbocycles. The summed E-state index contributed by atoms with van der Waals surface area (Å²) >= 11 is 0.996. The number of hydrogen-bond acceptors (Lipinski definition) is 6. The Hall–Kier alpha value is -1.21. The first-order chi connectivity index (χ1) is 6.50. The molecule has 0 aliphatic carbocycles. The molecule has 7 heteroatoms. The van der Waals surface area contributed by atoms with E-state index in [0.717, 1.165) is 11.3 Å². The molecule has 1 aromatic heterocycles. The van der Waals surface area contributed by atoms with E-state index in [0.29, 0.717) is 11.7 Å². The van der Waals surface area contributed by atoms with Gasteiger partial charge in [-0.25, -0.2) is 4.98 Å². The van der Waals surface area contributed by atoms with Crippen LogP contribution in [0.25, 0.3) is 0 Å². The van der Waals surface area contributed by atoms with Crippen LogP contribution in [0.1, 0.15) is 6.92 Å². The molecular weight excluding hydrogens is 206 g/mol. The number of aliphatic hydroxyl groups is 1. The van der Waals surface area contributed by atoms with Crippen molar-refractivity contribution >= 4 is 21.5 Å². The van der Waals surface area contributed by atoms with Gasteiger partial charge >= 0.3 is 5.00 Å². The highest BCUT2D eigenvalue weighted by molar-refractivity contribution is 7.18. The van der Waals surface area contributed by atoms with Crippen LogP contribution >= 0.6 is 11.3 Å². The number of anilines is 1. The van der Waals surface area contributed by atoms with Crippen molar-refractivity contribution in [2.45, 2.75) is 13.0 Å². The zero-order valence-electron chi connectivity index (χ0n) is 7.88. The summed E-state index contributed by atoms with van der Waals surface area (Å²) in [6.07, 6.45) is 0.737. The first-order valence-electron chi connectivity index (χ1n) is 4.00. The van der Waals surface area contributed by atoms with Crippen molar-refractivity contribution in [3.05, 3.63) is 16.3 Å². The number of hydrogen-bond donors (Lipinski definition) is 1. The fourth-order valence-electron chi connectivity index (χ4n) is 0.992. The van der Waals surface area contributed by atoms with Crippen LogP contribution in [0.5, 0.6) is 0 Å². The van der Waals surface area contributed by atoms with Gasteiger partial charge in [-0.3, -0.25) is 10.1 Å². The Kier molecular flexibility index (Phi) is 3.37. The molecule has 0 fully saturated rings. The Labute approximate surface area is 85.0 Å². The van der Waals surface area contributed by atoms with Gasteiger partial charge in [-0.2, -0.15) is 0 Å². The van der Waals surface area contributed by atoms with Crippen molar-refractivity contribution in [3.8, 4) is 0 Å². The number of aliphatic hydroxyl groups excluding tert-OH is 1. The number of likely N-dealkylation sites (N-methyl/N-ethyl adjacent to an activating group) is 1. The fraction of sp³-hybridized carbons (Fsp3) is 0.571. The average molecular weight is 217 g/mol. The van der Waals surface area contributed by atoms with E-state index in [9.17, 15) is 10.1 Å². The SMILES string of the molecule is CC(O)CN(C)c1ncc([N+](=O)[O-])s1. The van der Waals surface area contributed by atoms with Gasteiger partial charge in [0.2, 0.25) is 0 Å². The summed E-state index contributed by atoms with van der Waals surface area (Å²) in [5.74, 6) is 0. The van der Waals surface area contributed by atoms with Crippen molar-refractivity contribution in [3.63, 3.8) is 0 Å². The first-order valence-corrected chi connectivity index (χ1v) is 4.81. The van der Waals surface area contributed by atoms with Gasteiger partial charge in [-0.1, -0.05) is 0 Å². The number of nitrogens with zero attached hydrogens (tertiary/aromatic N) is 3. The van der Waals surface area contributed by atoms with E-state index in [1.54, 1.807) is 18.9 Å². The van der Waals surface area contributed by atoms with Crippen LogP contribution in [0.2, 0.25) is 0 Å². The van der Waals surface area contributed by atoms with Crippen LogP contribution in [-0.2, 0) is 0 Å². The lowest BCUT2D eigenvalue weighted by atomic mass is 10.4. The normalized spacial score (nSPS) is 12.5. The van der Waals surface area contributed by atoms with Crippen molar-refractivity contribution in [1.29, 1.82) is 0 Å². The predicted molar refractivity (Wildman–Crippen MR) is 53.7 cm³/mol. The fourth-order valence-corrected chi connectivity index (χ4v) is 1.69. The highest BCUT2D eigenvalue weighted by Gasteiger charge is 2.14. The Morgan fingerprint density at radius 3 is 2.93 bits per heavy atom. The second-order valence-electron chi connectivity index (χ2n) is 2.97. The molecule has 0 saturated heterocycles. The maximum absolute atomic E-state index is 10.4. The molecule has 0 radical (unpaired) electrons. The van der Waals surface area contributed by atoms with Crippen molar-refractivity contribution in [2.24, 2.45) is 0 Å². The number of aromatic nitrogens is 1. The third-order valence-electron chi connectivity index (χ3n) is 1.53. The van der Waals surface area contributed by atoms with Crippen molar-refractivity contribution < 1.29 is 10.0 Å². The minimum atomic E-state index is -0.483. The van der Waals surface area contributed by atoms with E-state index in [1.807, 2.05) is 0 Å². The molecule has 1 unspecified atom stereocenters. The molecule has 6 nitrogen and oxygen atoms in total. The quantitative estimate of drug-likeness (QED) is 0.598. The Morgan fingerprint density at radius 2 is 2.50 bits per heavy atom. The summed E-state index contributed by atoms with van der Waals surface area (Å²) in [4.78, 5) is 15.5. The van der Waals surface area contributed by atoms with Gasteiger partial charge in [-0.15, -0.1) is 0 Å². The third kappa shape index (κ3) is 2.64. The van der Waals surface area contributed by atoms with Crippen molar-refractivity contribution in [2.75, 3.05) is 18.5 Å². The molecule has 14 heavy (non-hydrogen) atoms. The lowest BCUT2D eigenvalue weighted by Gasteiger charge is -2.16. The second kappa shape index (κ2) is 4.34. The molecule has 0 spiro atoms. The maximum Gasteiger partial charge on any atom is 0.345 e. The van der Waals surface area contributed by atoms with E-state index in [-0.39, 0.29) is 5.00 Å². The monoisotopic (exact) mass is 217 g/mol. The molecule has 0 bridgehead atoms. The van der Waals surface area contributed by atoms with Gasteiger partial charge in [0.25, 0.3) is 0 Å².